The molecule has 0 spiro atoms. The van der Waals surface area contributed by atoms with Gasteiger partial charge in [-0.1, -0.05) is 12.1 Å². The summed E-state index contributed by atoms with van der Waals surface area (Å²) in [6, 6.07) is 3.76. The Morgan fingerprint density at radius 2 is 1.95 bits per heavy atom. The number of nitro groups is 1. The van der Waals surface area contributed by atoms with Crippen LogP contribution in [0.25, 0.3) is 0 Å². The van der Waals surface area contributed by atoms with E-state index in [1.54, 1.807) is 0 Å². The topological polar surface area (TPSA) is 127 Å². The van der Waals surface area contributed by atoms with E-state index in [2.05, 4.69) is 0 Å². The van der Waals surface area contributed by atoms with Gasteiger partial charge in [-0.15, -0.1) is 0 Å². The highest BCUT2D eigenvalue weighted by molar-refractivity contribution is 7.88. The molecule has 0 aliphatic carbocycles. The first kappa shape index (κ1) is 15.1. The van der Waals surface area contributed by atoms with Gasteiger partial charge in [0.05, 0.1) is 10.7 Å². The summed E-state index contributed by atoms with van der Waals surface area (Å²) in [5.41, 5.74) is 0.184. The van der Waals surface area contributed by atoms with E-state index in [1.165, 1.54) is 31.2 Å². The molecule has 8 nitrogen and oxygen atoms in total. The third kappa shape index (κ3) is 4.64. The molecule has 0 bridgehead atoms. The first-order valence-electron chi connectivity index (χ1n) is 5.17. The number of carbonyl (C=O) groups is 1. The number of rotatable bonds is 6. The molecule has 0 heterocycles. The number of nitrogens with zero attached hydrogens (tertiary/aromatic N) is 1. The zero-order valence-corrected chi connectivity index (χ0v) is 10.8. The molecule has 0 aliphatic rings. The first-order valence-corrected chi connectivity index (χ1v) is 6.82. The van der Waals surface area contributed by atoms with Crippen LogP contribution in [0, 0.1) is 10.1 Å². The van der Waals surface area contributed by atoms with Crippen molar-refractivity contribution >= 4 is 21.7 Å². The predicted octanol–water partition coefficient (Wildman–Crippen LogP) is 0.487. The summed E-state index contributed by atoms with van der Waals surface area (Å²) in [6.07, 6.45) is 0. The number of non-ortho nitro benzene ring substituents is 1. The number of hydrogen-bond acceptors (Lipinski definition) is 5. The maximum atomic E-state index is 11.6. The lowest BCUT2D eigenvalue weighted by atomic mass is 10.2. The van der Waals surface area contributed by atoms with Gasteiger partial charge in [-0.05, 0) is 12.5 Å². The molecule has 1 rings (SSSR count). The summed E-state index contributed by atoms with van der Waals surface area (Å²) in [6.45, 7) is 1.20. The van der Waals surface area contributed by atoms with E-state index in [1.807, 2.05) is 4.72 Å². The van der Waals surface area contributed by atoms with Gasteiger partial charge in [0, 0.05) is 12.1 Å². The van der Waals surface area contributed by atoms with Crippen molar-refractivity contribution in [2.45, 2.75) is 18.7 Å². The fraction of sp³-hybridized carbons (Fsp3) is 0.300. The Balaban J connectivity index is 2.78. The van der Waals surface area contributed by atoms with Crippen LogP contribution in [0.1, 0.15) is 12.5 Å². The lowest BCUT2D eigenvalue weighted by Crippen LogP contribution is -2.38. The van der Waals surface area contributed by atoms with Crippen LogP contribution in [-0.2, 0) is 20.6 Å². The van der Waals surface area contributed by atoms with Gasteiger partial charge >= 0.3 is 5.97 Å². The average molecular weight is 288 g/mol. The molecule has 0 unspecified atom stereocenters. The van der Waals surface area contributed by atoms with E-state index in [4.69, 9.17) is 5.11 Å². The second-order valence-corrected chi connectivity index (χ2v) is 5.61. The summed E-state index contributed by atoms with van der Waals surface area (Å²) in [7, 11) is -3.81. The van der Waals surface area contributed by atoms with Crippen molar-refractivity contribution in [1.82, 2.24) is 4.72 Å². The molecular weight excluding hydrogens is 276 g/mol. The van der Waals surface area contributed by atoms with Crippen LogP contribution in [0.15, 0.2) is 24.3 Å². The number of hydrogen-bond donors (Lipinski definition) is 2. The smallest absolute Gasteiger partial charge is 0.321 e. The van der Waals surface area contributed by atoms with Crippen LogP contribution < -0.4 is 4.72 Å². The fourth-order valence-electron chi connectivity index (χ4n) is 1.29. The molecular formula is C10H12N2O6S. The average Bonchev–Trinajstić information content (AvgIpc) is 2.28. The quantitative estimate of drug-likeness (QED) is 0.579. The van der Waals surface area contributed by atoms with Crippen molar-refractivity contribution in [1.29, 1.82) is 0 Å². The van der Waals surface area contributed by atoms with Crippen molar-refractivity contribution in [3.05, 3.63) is 39.9 Å². The summed E-state index contributed by atoms with van der Waals surface area (Å²) in [5, 5.41) is 19.0. The highest BCUT2D eigenvalue weighted by Crippen LogP contribution is 2.13. The zero-order chi connectivity index (χ0) is 14.6. The normalized spacial score (nSPS) is 12.9. The molecule has 0 aromatic heterocycles. The van der Waals surface area contributed by atoms with E-state index in [0.29, 0.717) is 5.56 Å². The number of benzene rings is 1. The fourth-order valence-corrected chi connectivity index (χ4v) is 2.65. The number of carboxylic acids is 1. The Kier molecular flexibility index (Phi) is 4.57. The lowest BCUT2D eigenvalue weighted by molar-refractivity contribution is -0.384. The molecule has 9 heteroatoms. The number of aliphatic carboxylic acids is 1. The standard InChI is InChI=1S/C10H12N2O6S/c1-7(10(13)14)11-19(17,18)6-8-2-4-9(5-3-8)12(15)16/h2-5,7,11H,6H2,1H3,(H,13,14)/t7-/m0/s1. The maximum absolute atomic E-state index is 11.6. The third-order valence-electron chi connectivity index (χ3n) is 2.23. The molecule has 1 atom stereocenters. The summed E-state index contributed by atoms with van der Waals surface area (Å²) < 4.78 is 25.2. The minimum atomic E-state index is -3.81. The van der Waals surface area contributed by atoms with Gasteiger partial charge in [0.25, 0.3) is 5.69 Å². The van der Waals surface area contributed by atoms with Gasteiger partial charge in [-0.2, -0.15) is 0 Å². The summed E-state index contributed by atoms with van der Waals surface area (Å²) in [5.74, 6) is -1.73. The molecule has 0 amide bonds. The molecule has 1 aromatic carbocycles. The molecule has 0 fully saturated rings. The molecule has 0 saturated carbocycles. The van der Waals surface area contributed by atoms with Crippen LogP contribution in [0.5, 0.6) is 0 Å². The van der Waals surface area contributed by atoms with E-state index in [-0.39, 0.29) is 5.69 Å². The van der Waals surface area contributed by atoms with Gasteiger partial charge in [-0.25, -0.2) is 13.1 Å². The van der Waals surface area contributed by atoms with E-state index < -0.39 is 32.7 Å². The summed E-state index contributed by atoms with van der Waals surface area (Å²) in [4.78, 5) is 20.4. The maximum Gasteiger partial charge on any atom is 0.321 e. The van der Waals surface area contributed by atoms with Crippen LogP contribution in [-0.4, -0.2) is 30.5 Å². The Morgan fingerprint density at radius 1 is 1.42 bits per heavy atom. The van der Waals surface area contributed by atoms with E-state index >= 15 is 0 Å². The van der Waals surface area contributed by atoms with Crippen molar-refractivity contribution in [3.63, 3.8) is 0 Å². The zero-order valence-electron chi connectivity index (χ0n) is 9.94. The molecule has 0 saturated heterocycles. The SMILES string of the molecule is C[C@H](NS(=O)(=O)Cc1ccc([N+](=O)[O-])cc1)C(=O)O. The largest absolute Gasteiger partial charge is 0.480 e. The summed E-state index contributed by atoms with van der Waals surface area (Å²) >= 11 is 0. The lowest BCUT2D eigenvalue weighted by Gasteiger charge is -2.09. The molecule has 0 aliphatic heterocycles. The third-order valence-corrected chi connectivity index (χ3v) is 3.66. The Morgan fingerprint density at radius 3 is 2.37 bits per heavy atom. The van der Waals surface area contributed by atoms with E-state index in [0.717, 1.165) is 0 Å². The highest BCUT2D eigenvalue weighted by Gasteiger charge is 2.20. The Bertz CT molecular complexity index is 581. The second kappa shape index (κ2) is 5.76. The minimum absolute atomic E-state index is 0.145. The Hall–Kier alpha value is -2.00. The first-order chi connectivity index (χ1) is 8.71. The van der Waals surface area contributed by atoms with Gasteiger partial charge in [0.15, 0.2) is 0 Å². The second-order valence-electron chi connectivity index (χ2n) is 3.86. The highest BCUT2D eigenvalue weighted by atomic mass is 32.2. The molecule has 0 radical (unpaired) electrons. The van der Waals surface area contributed by atoms with Crippen LogP contribution in [0.3, 0.4) is 0 Å². The van der Waals surface area contributed by atoms with Gasteiger partial charge in [0.1, 0.15) is 6.04 Å². The number of carboxylic acid groups (broad SMARTS) is 1. The van der Waals surface area contributed by atoms with Crippen molar-refractivity contribution in [2.24, 2.45) is 0 Å². The van der Waals surface area contributed by atoms with Crippen molar-refractivity contribution in [3.8, 4) is 0 Å². The number of sulfonamides is 1. The Labute approximate surface area is 109 Å². The monoisotopic (exact) mass is 288 g/mol. The minimum Gasteiger partial charge on any atom is -0.480 e. The molecule has 2 N–H and O–H groups in total. The number of nitro benzene ring substituents is 1. The number of nitrogens with one attached hydrogen (secondary N) is 1. The van der Waals surface area contributed by atoms with Crippen LogP contribution in [0.2, 0.25) is 0 Å². The van der Waals surface area contributed by atoms with Gasteiger partial charge < -0.3 is 5.11 Å². The van der Waals surface area contributed by atoms with Gasteiger partial charge in [-0.3, -0.25) is 14.9 Å². The molecule has 1 aromatic rings. The predicted molar refractivity (Wildman–Crippen MR) is 66.0 cm³/mol. The molecule has 104 valence electrons. The van der Waals surface area contributed by atoms with E-state index in [9.17, 15) is 23.3 Å². The van der Waals surface area contributed by atoms with Crippen LogP contribution in [0.4, 0.5) is 5.69 Å². The van der Waals surface area contributed by atoms with Crippen molar-refractivity contribution < 1.29 is 23.2 Å². The van der Waals surface area contributed by atoms with Crippen molar-refractivity contribution in [2.75, 3.05) is 0 Å². The van der Waals surface area contributed by atoms with Crippen LogP contribution >= 0.6 is 0 Å². The molecule has 19 heavy (non-hydrogen) atoms. The van der Waals surface area contributed by atoms with Gasteiger partial charge in [0.2, 0.25) is 10.0 Å².